The number of nitrogens with one attached hydrogen (secondary N) is 2. The number of nitrogens with zero attached hydrogens (tertiary/aromatic N) is 1. The summed E-state index contributed by atoms with van der Waals surface area (Å²) in [6, 6.07) is 1.17. The molecular formula is C12H23N3O. The molecule has 0 bridgehead atoms. The number of amides is 2. The van der Waals surface area contributed by atoms with E-state index in [0.717, 1.165) is 32.4 Å². The molecule has 1 saturated heterocycles. The van der Waals surface area contributed by atoms with Crippen molar-refractivity contribution in [3.05, 3.63) is 0 Å². The lowest BCUT2D eigenvalue weighted by Crippen LogP contribution is -2.42. The SMILES string of the molecule is CN(CCC1CCCCN1)C(=O)NC1CC1. The van der Waals surface area contributed by atoms with Crippen LogP contribution >= 0.6 is 0 Å². The fourth-order valence-electron chi connectivity index (χ4n) is 2.13. The van der Waals surface area contributed by atoms with Crippen LogP contribution < -0.4 is 10.6 Å². The predicted octanol–water partition coefficient (Wildman–Crippen LogP) is 1.32. The summed E-state index contributed by atoms with van der Waals surface area (Å²) in [4.78, 5) is 13.5. The van der Waals surface area contributed by atoms with Gasteiger partial charge >= 0.3 is 6.03 Å². The van der Waals surface area contributed by atoms with Crippen molar-refractivity contribution in [3.8, 4) is 0 Å². The van der Waals surface area contributed by atoms with Crippen molar-refractivity contribution in [2.45, 2.75) is 50.6 Å². The van der Waals surface area contributed by atoms with E-state index < -0.39 is 0 Å². The van der Waals surface area contributed by atoms with Gasteiger partial charge in [-0.3, -0.25) is 0 Å². The van der Waals surface area contributed by atoms with E-state index in [1.807, 2.05) is 11.9 Å². The quantitative estimate of drug-likeness (QED) is 0.758. The Labute approximate surface area is 97.8 Å². The van der Waals surface area contributed by atoms with E-state index in [-0.39, 0.29) is 6.03 Å². The van der Waals surface area contributed by atoms with Gasteiger partial charge in [-0.25, -0.2) is 4.79 Å². The Bertz CT molecular complexity index is 234. The second-order valence-electron chi connectivity index (χ2n) is 5.08. The van der Waals surface area contributed by atoms with Gasteiger partial charge in [-0.1, -0.05) is 6.42 Å². The third-order valence-corrected chi connectivity index (χ3v) is 3.48. The average molecular weight is 225 g/mol. The Kier molecular flexibility index (Phi) is 4.04. The molecule has 0 aromatic carbocycles. The first-order valence-corrected chi connectivity index (χ1v) is 6.51. The number of carbonyl (C=O) groups is 1. The fraction of sp³-hybridized carbons (Fsp3) is 0.917. The largest absolute Gasteiger partial charge is 0.335 e. The van der Waals surface area contributed by atoms with Gasteiger partial charge in [0.15, 0.2) is 0 Å². The minimum atomic E-state index is 0.0957. The maximum Gasteiger partial charge on any atom is 0.317 e. The molecule has 2 N–H and O–H groups in total. The monoisotopic (exact) mass is 225 g/mol. The minimum Gasteiger partial charge on any atom is -0.335 e. The van der Waals surface area contributed by atoms with Crippen LogP contribution in [0.25, 0.3) is 0 Å². The van der Waals surface area contributed by atoms with E-state index >= 15 is 0 Å². The summed E-state index contributed by atoms with van der Waals surface area (Å²) in [5.41, 5.74) is 0. The molecule has 1 saturated carbocycles. The number of hydrogen-bond acceptors (Lipinski definition) is 2. The zero-order chi connectivity index (χ0) is 11.4. The first-order valence-electron chi connectivity index (χ1n) is 6.51. The Morgan fingerprint density at radius 1 is 1.38 bits per heavy atom. The van der Waals surface area contributed by atoms with Crippen LogP contribution in [0.1, 0.15) is 38.5 Å². The minimum absolute atomic E-state index is 0.0957. The lowest BCUT2D eigenvalue weighted by molar-refractivity contribution is 0.204. The van der Waals surface area contributed by atoms with Gasteiger partial charge in [0.1, 0.15) is 0 Å². The molecule has 4 heteroatoms. The molecule has 1 atom stereocenters. The molecule has 16 heavy (non-hydrogen) atoms. The maximum absolute atomic E-state index is 11.7. The van der Waals surface area contributed by atoms with Crippen molar-refractivity contribution in [1.29, 1.82) is 0 Å². The van der Waals surface area contributed by atoms with Crippen LogP contribution in [0, 0.1) is 0 Å². The van der Waals surface area contributed by atoms with Crippen molar-refractivity contribution in [1.82, 2.24) is 15.5 Å². The Morgan fingerprint density at radius 3 is 2.81 bits per heavy atom. The highest BCUT2D eigenvalue weighted by atomic mass is 16.2. The van der Waals surface area contributed by atoms with Crippen LogP contribution in [-0.4, -0.2) is 43.2 Å². The summed E-state index contributed by atoms with van der Waals surface area (Å²) in [5.74, 6) is 0. The topological polar surface area (TPSA) is 44.4 Å². The first kappa shape index (κ1) is 11.7. The van der Waals surface area contributed by atoms with Crippen molar-refractivity contribution in [2.75, 3.05) is 20.1 Å². The van der Waals surface area contributed by atoms with Crippen molar-refractivity contribution in [2.24, 2.45) is 0 Å². The molecule has 2 aliphatic rings. The zero-order valence-corrected chi connectivity index (χ0v) is 10.2. The highest BCUT2D eigenvalue weighted by molar-refractivity contribution is 5.74. The molecule has 2 fully saturated rings. The number of hydrogen-bond donors (Lipinski definition) is 2. The number of carbonyl (C=O) groups excluding carboxylic acids is 1. The van der Waals surface area contributed by atoms with Crippen LogP contribution in [0.3, 0.4) is 0 Å². The number of piperidine rings is 1. The molecule has 0 spiro atoms. The Morgan fingerprint density at radius 2 is 2.19 bits per heavy atom. The number of rotatable bonds is 4. The average Bonchev–Trinajstić information content (AvgIpc) is 3.11. The smallest absolute Gasteiger partial charge is 0.317 e. The predicted molar refractivity (Wildman–Crippen MR) is 64.4 cm³/mol. The van der Waals surface area contributed by atoms with Gasteiger partial charge in [0.25, 0.3) is 0 Å². The molecule has 1 unspecified atom stereocenters. The summed E-state index contributed by atoms with van der Waals surface area (Å²) in [6.07, 6.45) is 7.28. The van der Waals surface area contributed by atoms with Crippen LogP contribution in [0.4, 0.5) is 4.79 Å². The van der Waals surface area contributed by atoms with Crippen LogP contribution in [0.15, 0.2) is 0 Å². The van der Waals surface area contributed by atoms with Crippen LogP contribution in [0.5, 0.6) is 0 Å². The van der Waals surface area contributed by atoms with Crippen LogP contribution in [-0.2, 0) is 0 Å². The summed E-state index contributed by atoms with van der Waals surface area (Å²) < 4.78 is 0. The van der Waals surface area contributed by atoms with Crippen LogP contribution in [0.2, 0.25) is 0 Å². The highest BCUT2D eigenvalue weighted by Crippen LogP contribution is 2.18. The van der Waals surface area contributed by atoms with Gasteiger partial charge in [-0.15, -0.1) is 0 Å². The normalized spacial score (nSPS) is 25.2. The van der Waals surface area contributed by atoms with Crippen molar-refractivity contribution in [3.63, 3.8) is 0 Å². The van der Waals surface area contributed by atoms with Crippen molar-refractivity contribution < 1.29 is 4.79 Å². The molecule has 92 valence electrons. The summed E-state index contributed by atoms with van der Waals surface area (Å²) in [5, 5.41) is 6.52. The molecular weight excluding hydrogens is 202 g/mol. The summed E-state index contributed by atoms with van der Waals surface area (Å²) >= 11 is 0. The molecule has 1 aliphatic heterocycles. The molecule has 4 nitrogen and oxygen atoms in total. The molecule has 2 amide bonds. The Balaban J connectivity index is 1.61. The maximum atomic E-state index is 11.7. The molecule has 0 aromatic heterocycles. The van der Waals surface area contributed by atoms with E-state index in [1.165, 1.54) is 19.3 Å². The van der Waals surface area contributed by atoms with Crippen molar-refractivity contribution >= 4 is 6.03 Å². The second kappa shape index (κ2) is 5.53. The second-order valence-corrected chi connectivity index (χ2v) is 5.08. The molecule has 1 aliphatic carbocycles. The van der Waals surface area contributed by atoms with Gasteiger partial charge in [0.05, 0.1) is 0 Å². The van der Waals surface area contributed by atoms with E-state index in [4.69, 9.17) is 0 Å². The van der Waals surface area contributed by atoms with Gasteiger partial charge < -0.3 is 15.5 Å². The Hall–Kier alpha value is -0.770. The van der Waals surface area contributed by atoms with Gasteiger partial charge in [0, 0.05) is 25.7 Å². The zero-order valence-electron chi connectivity index (χ0n) is 10.2. The van der Waals surface area contributed by atoms with Gasteiger partial charge in [-0.2, -0.15) is 0 Å². The molecule has 0 radical (unpaired) electrons. The van der Waals surface area contributed by atoms with E-state index in [0.29, 0.717) is 12.1 Å². The van der Waals surface area contributed by atoms with Gasteiger partial charge in [0.2, 0.25) is 0 Å². The molecule has 0 aromatic rings. The standard InChI is InChI=1S/C12H23N3O/c1-15(12(16)14-11-5-6-11)9-7-10-4-2-3-8-13-10/h10-11,13H,2-9H2,1H3,(H,14,16). The highest BCUT2D eigenvalue weighted by Gasteiger charge is 2.24. The molecule has 1 heterocycles. The van der Waals surface area contributed by atoms with E-state index in [9.17, 15) is 4.79 Å². The fourth-order valence-corrected chi connectivity index (χ4v) is 2.13. The third-order valence-electron chi connectivity index (χ3n) is 3.48. The van der Waals surface area contributed by atoms with E-state index in [1.54, 1.807) is 0 Å². The van der Waals surface area contributed by atoms with Gasteiger partial charge in [-0.05, 0) is 38.6 Å². The molecule has 2 rings (SSSR count). The summed E-state index contributed by atoms with van der Waals surface area (Å²) in [6.45, 7) is 2.00. The first-order chi connectivity index (χ1) is 7.75. The third kappa shape index (κ3) is 3.67. The lowest BCUT2D eigenvalue weighted by atomic mass is 10.0. The lowest BCUT2D eigenvalue weighted by Gasteiger charge is -2.26. The van der Waals surface area contributed by atoms with E-state index in [2.05, 4.69) is 10.6 Å². The number of urea groups is 1. The summed E-state index contributed by atoms with van der Waals surface area (Å²) in [7, 11) is 1.89.